The zero-order valence-corrected chi connectivity index (χ0v) is 12.7. The molecule has 2 N–H and O–H groups in total. The van der Waals surface area contributed by atoms with Crippen molar-refractivity contribution in [1.29, 1.82) is 0 Å². The van der Waals surface area contributed by atoms with Crippen molar-refractivity contribution in [2.75, 3.05) is 6.61 Å². The van der Waals surface area contributed by atoms with Crippen molar-refractivity contribution < 1.29 is 9.26 Å². The zero-order valence-electron chi connectivity index (χ0n) is 12.7. The fourth-order valence-corrected chi connectivity index (χ4v) is 2.49. The van der Waals surface area contributed by atoms with E-state index in [1.807, 2.05) is 26.8 Å². The van der Waals surface area contributed by atoms with Crippen LogP contribution in [0.2, 0.25) is 0 Å². The van der Waals surface area contributed by atoms with Crippen molar-refractivity contribution in [2.24, 2.45) is 5.73 Å². The highest BCUT2D eigenvalue weighted by molar-refractivity contribution is 5.43. The molecule has 21 heavy (non-hydrogen) atoms. The first-order chi connectivity index (χ1) is 9.97. The van der Waals surface area contributed by atoms with Crippen molar-refractivity contribution in [3.63, 3.8) is 0 Å². The SMILES string of the molecule is CC(C)OCC(C)(N)c1noc(C2Cc3ccccc32)n1. The molecular formula is C16H21N3O2. The molecule has 1 heterocycles. The number of aromatic nitrogens is 2. The lowest BCUT2D eigenvalue weighted by atomic mass is 9.77. The molecule has 1 aromatic carbocycles. The van der Waals surface area contributed by atoms with Crippen LogP contribution in [0.1, 0.15) is 49.5 Å². The molecule has 5 heteroatoms. The molecule has 3 rings (SSSR count). The summed E-state index contributed by atoms with van der Waals surface area (Å²) in [5, 5.41) is 4.05. The average molecular weight is 287 g/mol. The first kappa shape index (κ1) is 14.2. The second-order valence-corrected chi connectivity index (χ2v) is 6.19. The van der Waals surface area contributed by atoms with E-state index in [9.17, 15) is 0 Å². The van der Waals surface area contributed by atoms with Gasteiger partial charge < -0.3 is 15.0 Å². The molecule has 2 unspecified atom stereocenters. The summed E-state index contributed by atoms with van der Waals surface area (Å²) in [4.78, 5) is 4.50. The topological polar surface area (TPSA) is 74.2 Å². The number of ether oxygens (including phenoxy) is 1. The van der Waals surface area contributed by atoms with Crippen molar-refractivity contribution >= 4 is 0 Å². The van der Waals surface area contributed by atoms with E-state index in [4.69, 9.17) is 15.0 Å². The van der Waals surface area contributed by atoms with E-state index in [1.165, 1.54) is 11.1 Å². The Bertz CT molecular complexity index is 634. The number of nitrogens with two attached hydrogens (primary N) is 1. The minimum absolute atomic E-state index is 0.123. The van der Waals surface area contributed by atoms with E-state index in [0.717, 1.165) is 6.42 Å². The predicted molar refractivity (Wildman–Crippen MR) is 78.9 cm³/mol. The van der Waals surface area contributed by atoms with Gasteiger partial charge in [0.05, 0.1) is 18.6 Å². The first-order valence-corrected chi connectivity index (χ1v) is 7.30. The summed E-state index contributed by atoms with van der Waals surface area (Å²) in [5.41, 5.74) is 8.12. The van der Waals surface area contributed by atoms with Crippen LogP contribution in [0.4, 0.5) is 0 Å². The highest BCUT2D eigenvalue weighted by atomic mass is 16.5. The summed E-state index contributed by atoms with van der Waals surface area (Å²) in [6, 6.07) is 8.32. The third kappa shape index (κ3) is 2.71. The van der Waals surface area contributed by atoms with Crippen LogP contribution in [0.25, 0.3) is 0 Å². The molecule has 112 valence electrons. The van der Waals surface area contributed by atoms with Crippen LogP contribution in [0.15, 0.2) is 28.8 Å². The lowest BCUT2D eigenvalue weighted by Crippen LogP contribution is -2.40. The fourth-order valence-electron chi connectivity index (χ4n) is 2.49. The molecule has 0 saturated carbocycles. The smallest absolute Gasteiger partial charge is 0.234 e. The van der Waals surface area contributed by atoms with Gasteiger partial charge >= 0.3 is 0 Å². The lowest BCUT2D eigenvalue weighted by molar-refractivity contribution is 0.0410. The van der Waals surface area contributed by atoms with Gasteiger partial charge in [-0.3, -0.25) is 0 Å². The highest BCUT2D eigenvalue weighted by Crippen LogP contribution is 2.39. The largest absolute Gasteiger partial charge is 0.376 e. The maximum absolute atomic E-state index is 6.24. The summed E-state index contributed by atoms with van der Waals surface area (Å²) in [5.74, 6) is 1.34. The molecule has 0 saturated heterocycles. The number of nitrogens with zero attached hydrogens (tertiary/aromatic N) is 2. The molecule has 0 radical (unpaired) electrons. The minimum Gasteiger partial charge on any atom is -0.376 e. The molecule has 0 bridgehead atoms. The van der Waals surface area contributed by atoms with Gasteiger partial charge in [-0.25, -0.2) is 0 Å². The summed E-state index contributed by atoms with van der Waals surface area (Å²) >= 11 is 0. The molecule has 1 aromatic heterocycles. The summed E-state index contributed by atoms with van der Waals surface area (Å²) in [7, 11) is 0. The molecule has 0 aliphatic heterocycles. The number of hydrogen-bond donors (Lipinski definition) is 1. The molecule has 1 aliphatic carbocycles. The van der Waals surface area contributed by atoms with Crippen LogP contribution in [-0.2, 0) is 16.7 Å². The minimum atomic E-state index is -0.741. The Balaban J connectivity index is 1.76. The Morgan fingerprint density at radius 3 is 2.90 bits per heavy atom. The molecule has 2 atom stereocenters. The van der Waals surface area contributed by atoms with Crippen LogP contribution < -0.4 is 5.73 Å². The van der Waals surface area contributed by atoms with Crippen molar-refractivity contribution in [2.45, 2.75) is 44.8 Å². The molecule has 2 aromatic rings. The maximum atomic E-state index is 6.24. The standard InChI is InChI=1S/C16H21N3O2/c1-10(2)20-9-16(3,17)15-18-14(21-19-15)13-8-11-6-4-5-7-12(11)13/h4-7,10,13H,8-9,17H2,1-3H3. The Hall–Kier alpha value is -1.72. The van der Waals surface area contributed by atoms with Crippen molar-refractivity contribution in [1.82, 2.24) is 10.1 Å². The third-order valence-corrected chi connectivity index (χ3v) is 3.82. The summed E-state index contributed by atoms with van der Waals surface area (Å²) in [6.07, 6.45) is 1.07. The van der Waals surface area contributed by atoms with Gasteiger partial charge in [0.15, 0.2) is 5.82 Å². The normalized spacial score (nSPS) is 20.0. The van der Waals surface area contributed by atoms with Crippen LogP contribution >= 0.6 is 0 Å². The van der Waals surface area contributed by atoms with Gasteiger partial charge in [0.2, 0.25) is 5.89 Å². The van der Waals surface area contributed by atoms with E-state index in [-0.39, 0.29) is 12.0 Å². The Kier molecular flexibility index (Phi) is 3.55. The Morgan fingerprint density at radius 2 is 2.19 bits per heavy atom. The number of benzene rings is 1. The number of rotatable bonds is 5. The van der Waals surface area contributed by atoms with E-state index in [1.54, 1.807) is 0 Å². The zero-order chi connectivity index (χ0) is 15.0. The van der Waals surface area contributed by atoms with Gasteiger partial charge in [0.1, 0.15) is 5.54 Å². The maximum Gasteiger partial charge on any atom is 0.234 e. The average Bonchev–Trinajstić information content (AvgIpc) is 2.88. The number of fused-ring (bicyclic) bond motifs is 1. The van der Waals surface area contributed by atoms with Crippen LogP contribution in [0.5, 0.6) is 0 Å². The van der Waals surface area contributed by atoms with Crippen LogP contribution in [0, 0.1) is 0 Å². The van der Waals surface area contributed by atoms with Crippen molar-refractivity contribution in [3.8, 4) is 0 Å². The fraction of sp³-hybridized carbons (Fsp3) is 0.500. The first-order valence-electron chi connectivity index (χ1n) is 7.30. The van der Waals surface area contributed by atoms with Gasteiger partial charge in [0.25, 0.3) is 0 Å². The third-order valence-electron chi connectivity index (χ3n) is 3.82. The predicted octanol–water partition coefficient (Wildman–Crippen LogP) is 2.36. The molecule has 0 spiro atoms. The second kappa shape index (κ2) is 5.24. The Morgan fingerprint density at radius 1 is 1.43 bits per heavy atom. The molecule has 0 amide bonds. The monoisotopic (exact) mass is 287 g/mol. The molecular weight excluding hydrogens is 266 g/mol. The van der Waals surface area contributed by atoms with Gasteiger partial charge in [-0.15, -0.1) is 0 Å². The summed E-state index contributed by atoms with van der Waals surface area (Å²) in [6.45, 7) is 6.18. The van der Waals surface area contributed by atoms with Crippen molar-refractivity contribution in [3.05, 3.63) is 47.1 Å². The van der Waals surface area contributed by atoms with Gasteiger partial charge in [-0.1, -0.05) is 29.4 Å². The van der Waals surface area contributed by atoms with Gasteiger partial charge in [0, 0.05) is 0 Å². The second-order valence-electron chi connectivity index (χ2n) is 6.19. The number of hydrogen-bond acceptors (Lipinski definition) is 5. The van der Waals surface area contributed by atoms with E-state index < -0.39 is 5.54 Å². The Labute approximate surface area is 124 Å². The van der Waals surface area contributed by atoms with Gasteiger partial charge in [-0.2, -0.15) is 4.98 Å². The highest BCUT2D eigenvalue weighted by Gasteiger charge is 2.34. The molecule has 5 nitrogen and oxygen atoms in total. The van der Waals surface area contributed by atoms with E-state index in [0.29, 0.717) is 18.3 Å². The lowest BCUT2D eigenvalue weighted by Gasteiger charge is -2.26. The quantitative estimate of drug-likeness (QED) is 0.913. The molecule has 0 fully saturated rings. The van der Waals surface area contributed by atoms with Gasteiger partial charge in [-0.05, 0) is 38.3 Å². The van der Waals surface area contributed by atoms with E-state index in [2.05, 4.69) is 28.3 Å². The molecule has 1 aliphatic rings. The van der Waals surface area contributed by atoms with Crippen LogP contribution in [0.3, 0.4) is 0 Å². The van der Waals surface area contributed by atoms with E-state index >= 15 is 0 Å². The summed E-state index contributed by atoms with van der Waals surface area (Å²) < 4.78 is 11.0. The van der Waals surface area contributed by atoms with Crippen LogP contribution in [-0.4, -0.2) is 22.9 Å².